The Bertz CT molecular complexity index is 1040. The lowest BCUT2D eigenvalue weighted by molar-refractivity contribution is -0.202. The summed E-state index contributed by atoms with van der Waals surface area (Å²) >= 11 is 0. The number of piperazine rings is 1. The van der Waals surface area contributed by atoms with Crippen molar-refractivity contribution in [1.82, 2.24) is 20.2 Å². The van der Waals surface area contributed by atoms with Crippen LogP contribution < -0.4 is 20.3 Å². The van der Waals surface area contributed by atoms with E-state index in [-0.39, 0.29) is 18.7 Å². The molecular weight excluding hydrogens is 488 g/mol. The molecule has 0 saturated carbocycles. The van der Waals surface area contributed by atoms with Crippen molar-refractivity contribution < 1.29 is 24.4 Å². The molecule has 3 heterocycles. The Morgan fingerprint density at radius 1 is 1.24 bits per heavy atom. The van der Waals surface area contributed by atoms with E-state index in [1.807, 2.05) is 43.0 Å². The number of nitrogens with zero attached hydrogens (tertiary/aromatic N) is 4. The maximum absolute atomic E-state index is 10.4. The molecule has 11 nitrogen and oxygen atoms in total. The maximum atomic E-state index is 10.4. The van der Waals surface area contributed by atoms with Crippen LogP contribution >= 0.6 is 0 Å². The monoisotopic (exact) mass is 530 g/mol. The van der Waals surface area contributed by atoms with Gasteiger partial charge in [-0.15, -0.1) is 0 Å². The molecule has 0 aliphatic carbocycles. The molecule has 0 amide bonds. The second-order valence-electron chi connectivity index (χ2n) is 9.91. The molecule has 38 heavy (non-hydrogen) atoms. The fourth-order valence-corrected chi connectivity index (χ4v) is 4.87. The number of aromatic nitrogens is 2. The van der Waals surface area contributed by atoms with Gasteiger partial charge in [0.2, 0.25) is 6.41 Å². The summed E-state index contributed by atoms with van der Waals surface area (Å²) in [5.74, 6) is 2.90. The number of ether oxygens (including phenoxy) is 3. The van der Waals surface area contributed by atoms with E-state index < -0.39 is 12.5 Å². The summed E-state index contributed by atoms with van der Waals surface area (Å²) in [7, 11) is 1.79. The third-order valence-corrected chi connectivity index (χ3v) is 6.94. The number of aliphatic hydroxyl groups is 2. The zero-order chi connectivity index (χ0) is 27.1. The molecule has 2 aliphatic heterocycles. The third kappa shape index (κ3) is 7.10. The van der Waals surface area contributed by atoms with Gasteiger partial charge >= 0.3 is 0 Å². The highest BCUT2D eigenvalue weighted by molar-refractivity contribution is 5.67. The van der Waals surface area contributed by atoms with Crippen LogP contribution in [-0.4, -0.2) is 109 Å². The first-order chi connectivity index (χ1) is 18.4. The highest BCUT2D eigenvalue weighted by Gasteiger charge is 2.31. The summed E-state index contributed by atoms with van der Waals surface area (Å²) in [4.78, 5) is 14.2. The standard InChI is InChI=1S/C27H42N6O5/c1-5-37-27(35)33-11-10-32(15-18(33)2)26-19(3)24(29-21-9-12-36-16-21)30-25(31-26)20-7-6-8-23(13-20)38-17-22(34)14-28-4/h6-8,13,18,21-22,27-28,34-35H,5,9-12,14-17H2,1-4H3,(H,29,30,31)/t18-,21-,22?,27?/m1/s1. The van der Waals surface area contributed by atoms with E-state index in [0.717, 1.165) is 35.8 Å². The number of aliphatic hydroxyl groups excluding tert-OH is 2. The molecule has 1 aromatic carbocycles. The van der Waals surface area contributed by atoms with E-state index in [1.54, 1.807) is 7.05 Å². The zero-order valence-corrected chi connectivity index (χ0v) is 22.9. The number of hydrogen-bond donors (Lipinski definition) is 4. The summed E-state index contributed by atoms with van der Waals surface area (Å²) in [6.45, 7) is 10.5. The van der Waals surface area contributed by atoms with Crippen molar-refractivity contribution in [2.24, 2.45) is 0 Å². The molecule has 2 fully saturated rings. The summed E-state index contributed by atoms with van der Waals surface area (Å²) in [5, 5.41) is 26.9. The first-order valence-electron chi connectivity index (χ1n) is 13.5. The average Bonchev–Trinajstić information content (AvgIpc) is 3.42. The molecule has 11 heteroatoms. The minimum absolute atomic E-state index is 0.0727. The number of benzene rings is 1. The second kappa shape index (κ2) is 13.5. The van der Waals surface area contributed by atoms with Crippen LogP contribution in [0, 0.1) is 6.92 Å². The SMILES string of the molecule is CCOC(O)N1CCN(c2nc(-c3cccc(OCC(O)CNC)c3)nc(N[C@@H]3CCOC3)c2C)C[C@H]1C. The van der Waals surface area contributed by atoms with Crippen LogP contribution in [0.25, 0.3) is 11.4 Å². The second-order valence-corrected chi connectivity index (χ2v) is 9.91. The smallest absolute Gasteiger partial charge is 0.216 e. The molecule has 4 atom stereocenters. The topological polar surface area (TPSA) is 124 Å². The van der Waals surface area contributed by atoms with Crippen LogP contribution in [0.4, 0.5) is 11.6 Å². The number of likely N-dealkylation sites (N-methyl/N-ethyl adjacent to an activating group) is 1. The van der Waals surface area contributed by atoms with Gasteiger partial charge in [-0.05, 0) is 46.4 Å². The van der Waals surface area contributed by atoms with E-state index in [1.165, 1.54) is 0 Å². The number of anilines is 2. The molecule has 210 valence electrons. The fourth-order valence-electron chi connectivity index (χ4n) is 4.87. The van der Waals surface area contributed by atoms with Gasteiger partial charge in [-0.2, -0.15) is 0 Å². The summed E-state index contributed by atoms with van der Waals surface area (Å²) in [5.41, 5.74) is 1.81. The average molecular weight is 531 g/mol. The lowest BCUT2D eigenvalue weighted by atomic mass is 10.1. The van der Waals surface area contributed by atoms with E-state index in [4.69, 9.17) is 24.2 Å². The largest absolute Gasteiger partial charge is 0.491 e. The van der Waals surface area contributed by atoms with Gasteiger partial charge in [0.1, 0.15) is 30.1 Å². The quantitative estimate of drug-likeness (QED) is 0.298. The van der Waals surface area contributed by atoms with Crippen LogP contribution in [0.2, 0.25) is 0 Å². The Morgan fingerprint density at radius 3 is 2.79 bits per heavy atom. The van der Waals surface area contributed by atoms with Crippen LogP contribution in [0.5, 0.6) is 5.75 Å². The minimum atomic E-state index is -0.909. The third-order valence-electron chi connectivity index (χ3n) is 6.94. The molecule has 0 spiro atoms. The van der Waals surface area contributed by atoms with Crippen molar-refractivity contribution in [3.05, 3.63) is 29.8 Å². The lowest BCUT2D eigenvalue weighted by Gasteiger charge is -2.42. The molecule has 0 radical (unpaired) electrons. The number of rotatable bonds is 12. The first-order valence-corrected chi connectivity index (χ1v) is 13.5. The minimum Gasteiger partial charge on any atom is -0.491 e. The first kappa shape index (κ1) is 28.5. The van der Waals surface area contributed by atoms with Crippen molar-refractivity contribution in [1.29, 1.82) is 0 Å². The Morgan fingerprint density at radius 2 is 2.08 bits per heavy atom. The predicted molar refractivity (Wildman–Crippen MR) is 146 cm³/mol. The van der Waals surface area contributed by atoms with E-state index >= 15 is 0 Å². The highest BCUT2D eigenvalue weighted by Crippen LogP contribution is 2.31. The molecule has 4 N–H and O–H groups in total. The van der Waals surface area contributed by atoms with Crippen LogP contribution in [0.3, 0.4) is 0 Å². The van der Waals surface area contributed by atoms with E-state index in [0.29, 0.717) is 51.0 Å². The van der Waals surface area contributed by atoms with Gasteiger partial charge in [0.15, 0.2) is 5.82 Å². The number of hydrogen-bond acceptors (Lipinski definition) is 11. The Hall–Kier alpha value is -2.54. The zero-order valence-electron chi connectivity index (χ0n) is 22.9. The Balaban J connectivity index is 1.61. The van der Waals surface area contributed by atoms with Crippen LogP contribution in [0.1, 0.15) is 25.8 Å². The van der Waals surface area contributed by atoms with Gasteiger partial charge in [-0.1, -0.05) is 12.1 Å². The van der Waals surface area contributed by atoms with Crippen molar-refractivity contribution >= 4 is 11.6 Å². The van der Waals surface area contributed by atoms with Gasteiger partial charge in [0.25, 0.3) is 0 Å². The summed E-state index contributed by atoms with van der Waals surface area (Å²) in [6.07, 6.45) is -0.581. The maximum Gasteiger partial charge on any atom is 0.216 e. The normalized spacial score (nSPS) is 21.9. The van der Waals surface area contributed by atoms with E-state index in [9.17, 15) is 10.2 Å². The fraction of sp³-hybridized carbons (Fsp3) is 0.630. The molecule has 0 bridgehead atoms. The molecule has 2 unspecified atom stereocenters. The van der Waals surface area contributed by atoms with Crippen LogP contribution in [-0.2, 0) is 9.47 Å². The summed E-state index contributed by atoms with van der Waals surface area (Å²) < 4.78 is 16.8. The molecular formula is C27H42N6O5. The van der Waals surface area contributed by atoms with Gasteiger partial charge < -0.3 is 40.0 Å². The van der Waals surface area contributed by atoms with Crippen molar-refractivity contribution in [2.45, 2.75) is 51.8 Å². The highest BCUT2D eigenvalue weighted by atomic mass is 16.6. The van der Waals surface area contributed by atoms with Crippen molar-refractivity contribution in [3.63, 3.8) is 0 Å². The lowest BCUT2D eigenvalue weighted by Crippen LogP contribution is -2.56. The number of nitrogens with one attached hydrogen (secondary N) is 2. The van der Waals surface area contributed by atoms with Crippen molar-refractivity contribution in [2.75, 3.05) is 69.9 Å². The molecule has 4 rings (SSSR count). The molecule has 2 aromatic rings. The van der Waals surface area contributed by atoms with Gasteiger partial charge in [0, 0.05) is 56.6 Å². The Kier molecular flexibility index (Phi) is 10.1. The van der Waals surface area contributed by atoms with Crippen LogP contribution in [0.15, 0.2) is 24.3 Å². The van der Waals surface area contributed by atoms with E-state index in [2.05, 4.69) is 22.5 Å². The van der Waals surface area contributed by atoms with Crippen molar-refractivity contribution in [3.8, 4) is 17.1 Å². The molecule has 2 saturated heterocycles. The van der Waals surface area contributed by atoms with Gasteiger partial charge in [-0.25, -0.2) is 14.9 Å². The van der Waals surface area contributed by atoms with Gasteiger partial charge in [0.05, 0.1) is 12.6 Å². The predicted octanol–water partition coefficient (Wildman–Crippen LogP) is 1.43. The Labute approximate surface area is 225 Å². The molecule has 2 aliphatic rings. The van der Waals surface area contributed by atoms with Gasteiger partial charge in [-0.3, -0.25) is 0 Å². The summed E-state index contributed by atoms with van der Waals surface area (Å²) in [6, 6.07) is 7.92. The molecule has 1 aromatic heterocycles.